The molecule has 1 amide bonds. The van der Waals surface area contributed by atoms with E-state index in [9.17, 15) is 19.5 Å². The van der Waals surface area contributed by atoms with Crippen molar-refractivity contribution >= 4 is 34.7 Å². The molecule has 0 unspecified atom stereocenters. The Labute approximate surface area is 154 Å². The van der Waals surface area contributed by atoms with Crippen molar-refractivity contribution in [2.24, 2.45) is 0 Å². The average Bonchev–Trinajstić information content (AvgIpc) is 3.23. The standard InChI is InChI=1S/C19H17NO5S/c1-3-25-19(24)12-6-8-13(9-7-12)20-16(14-5-4-10-26-14)15(11(2)21)17(22)18(20)23/h4-10,16,22H,3H2,1-2H3/t16-/m1/s1. The van der Waals surface area contributed by atoms with E-state index in [4.69, 9.17) is 4.74 Å². The normalized spacial score (nSPS) is 16.9. The van der Waals surface area contributed by atoms with Crippen LogP contribution in [0.4, 0.5) is 5.69 Å². The largest absolute Gasteiger partial charge is 0.503 e. The monoisotopic (exact) mass is 371 g/mol. The number of aliphatic hydroxyl groups is 1. The first-order valence-corrected chi connectivity index (χ1v) is 8.91. The summed E-state index contributed by atoms with van der Waals surface area (Å²) >= 11 is 1.39. The first-order chi connectivity index (χ1) is 12.5. The lowest BCUT2D eigenvalue weighted by atomic mass is 10.0. The lowest BCUT2D eigenvalue weighted by molar-refractivity contribution is -0.117. The van der Waals surface area contributed by atoms with Crippen LogP contribution in [0.2, 0.25) is 0 Å². The average molecular weight is 371 g/mol. The van der Waals surface area contributed by atoms with E-state index in [1.807, 2.05) is 17.5 Å². The summed E-state index contributed by atoms with van der Waals surface area (Å²) in [7, 11) is 0. The smallest absolute Gasteiger partial charge is 0.338 e. The number of amides is 1. The summed E-state index contributed by atoms with van der Waals surface area (Å²) in [6.07, 6.45) is 0. The van der Waals surface area contributed by atoms with Crippen molar-refractivity contribution in [1.29, 1.82) is 0 Å². The number of hydrogen-bond acceptors (Lipinski definition) is 6. The lowest BCUT2D eigenvalue weighted by Crippen LogP contribution is -2.30. The van der Waals surface area contributed by atoms with Crippen LogP contribution in [0, 0.1) is 0 Å². The third kappa shape index (κ3) is 3.01. The van der Waals surface area contributed by atoms with Crippen molar-refractivity contribution in [2.75, 3.05) is 11.5 Å². The maximum Gasteiger partial charge on any atom is 0.338 e. The molecule has 3 rings (SSSR count). The van der Waals surface area contributed by atoms with Gasteiger partial charge < -0.3 is 9.84 Å². The Balaban J connectivity index is 2.02. The molecule has 26 heavy (non-hydrogen) atoms. The van der Waals surface area contributed by atoms with Gasteiger partial charge in [0.05, 0.1) is 17.7 Å². The third-order valence-corrected chi connectivity index (χ3v) is 4.98. The van der Waals surface area contributed by atoms with Crippen LogP contribution in [-0.2, 0) is 14.3 Å². The Morgan fingerprint density at radius 1 is 1.23 bits per heavy atom. The van der Waals surface area contributed by atoms with E-state index in [-0.39, 0.29) is 18.0 Å². The lowest BCUT2D eigenvalue weighted by Gasteiger charge is -2.25. The van der Waals surface area contributed by atoms with Crippen LogP contribution in [0.3, 0.4) is 0 Å². The molecule has 0 spiro atoms. The van der Waals surface area contributed by atoms with E-state index >= 15 is 0 Å². The molecule has 2 heterocycles. The van der Waals surface area contributed by atoms with Crippen LogP contribution in [0.5, 0.6) is 0 Å². The molecule has 2 aromatic rings. The molecule has 0 fully saturated rings. The van der Waals surface area contributed by atoms with E-state index in [0.29, 0.717) is 11.3 Å². The second-order valence-corrected chi connectivity index (χ2v) is 6.66. The van der Waals surface area contributed by atoms with Gasteiger partial charge in [0, 0.05) is 10.6 Å². The van der Waals surface area contributed by atoms with Crippen LogP contribution in [-0.4, -0.2) is 29.4 Å². The predicted octanol–water partition coefficient (Wildman–Crippen LogP) is 3.41. The Kier molecular flexibility index (Phi) is 4.90. The van der Waals surface area contributed by atoms with Gasteiger partial charge in [-0.05, 0) is 49.6 Å². The Morgan fingerprint density at radius 3 is 2.46 bits per heavy atom. The Hall–Kier alpha value is -2.93. The Morgan fingerprint density at radius 2 is 1.92 bits per heavy atom. The van der Waals surface area contributed by atoms with Crippen molar-refractivity contribution in [3.05, 3.63) is 63.6 Å². The van der Waals surface area contributed by atoms with Crippen LogP contribution >= 0.6 is 11.3 Å². The fourth-order valence-corrected chi connectivity index (χ4v) is 3.74. The van der Waals surface area contributed by atoms with Crippen molar-refractivity contribution in [3.8, 4) is 0 Å². The molecule has 7 heteroatoms. The number of carbonyl (C=O) groups is 3. The zero-order chi connectivity index (χ0) is 18.8. The molecular weight excluding hydrogens is 354 g/mol. The van der Waals surface area contributed by atoms with Gasteiger partial charge in [-0.2, -0.15) is 0 Å². The van der Waals surface area contributed by atoms with Gasteiger partial charge in [-0.1, -0.05) is 6.07 Å². The fourth-order valence-electron chi connectivity index (χ4n) is 2.92. The molecule has 1 aromatic carbocycles. The van der Waals surface area contributed by atoms with Gasteiger partial charge in [-0.15, -0.1) is 11.3 Å². The number of Topliss-reactive ketones (excluding diaryl/α,β-unsaturated/α-hetero) is 1. The highest BCUT2D eigenvalue weighted by atomic mass is 32.1. The number of hydrogen-bond donors (Lipinski definition) is 1. The molecule has 0 saturated heterocycles. The highest BCUT2D eigenvalue weighted by molar-refractivity contribution is 7.10. The molecule has 0 bridgehead atoms. The van der Waals surface area contributed by atoms with Gasteiger partial charge in [0.2, 0.25) is 0 Å². The molecule has 1 aliphatic heterocycles. The second kappa shape index (κ2) is 7.13. The molecule has 0 saturated carbocycles. The summed E-state index contributed by atoms with van der Waals surface area (Å²) in [4.78, 5) is 38.6. The van der Waals surface area contributed by atoms with Crippen molar-refractivity contribution < 1.29 is 24.2 Å². The van der Waals surface area contributed by atoms with E-state index < -0.39 is 23.7 Å². The number of ketones is 1. The second-order valence-electron chi connectivity index (χ2n) is 5.68. The Bertz CT molecular complexity index is 883. The fraction of sp³-hybridized carbons (Fsp3) is 0.211. The zero-order valence-corrected chi connectivity index (χ0v) is 15.1. The number of aliphatic hydroxyl groups excluding tert-OH is 1. The van der Waals surface area contributed by atoms with Crippen molar-refractivity contribution in [2.45, 2.75) is 19.9 Å². The van der Waals surface area contributed by atoms with Crippen molar-refractivity contribution in [3.63, 3.8) is 0 Å². The molecule has 6 nitrogen and oxygen atoms in total. The van der Waals surface area contributed by atoms with E-state index in [1.165, 1.54) is 23.2 Å². The molecule has 1 N–H and O–H groups in total. The van der Waals surface area contributed by atoms with Gasteiger partial charge >= 0.3 is 5.97 Å². The number of nitrogens with zero attached hydrogens (tertiary/aromatic N) is 1. The topological polar surface area (TPSA) is 83.9 Å². The number of rotatable bonds is 5. The van der Waals surface area contributed by atoms with Crippen LogP contribution in [0.25, 0.3) is 0 Å². The summed E-state index contributed by atoms with van der Waals surface area (Å²) in [5.41, 5.74) is 0.912. The summed E-state index contributed by atoms with van der Waals surface area (Å²) in [6.45, 7) is 3.32. The molecule has 0 radical (unpaired) electrons. The highest BCUT2D eigenvalue weighted by Gasteiger charge is 2.43. The predicted molar refractivity (Wildman–Crippen MR) is 97.3 cm³/mol. The zero-order valence-electron chi connectivity index (χ0n) is 14.3. The molecule has 1 aliphatic rings. The number of benzene rings is 1. The number of anilines is 1. The molecule has 1 aromatic heterocycles. The van der Waals surface area contributed by atoms with Gasteiger partial charge in [0.15, 0.2) is 11.5 Å². The summed E-state index contributed by atoms with van der Waals surface area (Å²) in [5, 5.41) is 12.1. The molecule has 134 valence electrons. The summed E-state index contributed by atoms with van der Waals surface area (Å²) in [5.74, 6) is -1.99. The number of carbonyl (C=O) groups excluding carboxylic acids is 3. The number of thiophene rings is 1. The van der Waals surface area contributed by atoms with Gasteiger partial charge in [0.25, 0.3) is 5.91 Å². The quantitative estimate of drug-likeness (QED) is 0.814. The van der Waals surface area contributed by atoms with Crippen molar-refractivity contribution in [1.82, 2.24) is 0 Å². The highest BCUT2D eigenvalue weighted by Crippen LogP contribution is 2.42. The first-order valence-electron chi connectivity index (χ1n) is 8.04. The molecular formula is C19H17NO5S. The SMILES string of the molecule is CCOC(=O)c1ccc(N2C(=O)C(O)=C(C(C)=O)[C@H]2c2cccs2)cc1. The van der Waals surface area contributed by atoms with Gasteiger partial charge in [-0.3, -0.25) is 14.5 Å². The summed E-state index contributed by atoms with van der Waals surface area (Å²) < 4.78 is 4.95. The molecule has 0 aliphatic carbocycles. The number of esters is 1. The first kappa shape index (κ1) is 17.9. The van der Waals surface area contributed by atoms with E-state index in [0.717, 1.165) is 4.88 Å². The maximum absolute atomic E-state index is 12.6. The van der Waals surface area contributed by atoms with Gasteiger partial charge in [0.1, 0.15) is 6.04 Å². The minimum absolute atomic E-state index is 0.0759. The third-order valence-electron chi connectivity index (χ3n) is 4.06. The maximum atomic E-state index is 12.6. The minimum Gasteiger partial charge on any atom is -0.503 e. The number of ether oxygens (including phenoxy) is 1. The van der Waals surface area contributed by atoms with E-state index in [2.05, 4.69) is 0 Å². The molecule has 1 atom stereocenters. The van der Waals surface area contributed by atoms with E-state index in [1.54, 1.807) is 31.2 Å². The van der Waals surface area contributed by atoms with Crippen LogP contribution in [0.15, 0.2) is 53.1 Å². The minimum atomic E-state index is -0.687. The van der Waals surface area contributed by atoms with Gasteiger partial charge in [-0.25, -0.2) is 4.79 Å². The van der Waals surface area contributed by atoms with Crippen LogP contribution in [0.1, 0.15) is 35.1 Å². The summed E-state index contributed by atoms with van der Waals surface area (Å²) in [6, 6.07) is 9.24. The van der Waals surface area contributed by atoms with Crippen LogP contribution < -0.4 is 4.90 Å².